The van der Waals surface area contributed by atoms with Crippen LogP contribution < -0.4 is 25.4 Å². The first kappa shape index (κ1) is 35.8. The molecule has 0 heterocycles. The number of benzene rings is 5. The predicted octanol–water partition coefficient (Wildman–Crippen LogP) is 8.94. The van der Waals surface area contributed by atoms with Crippen molar-refractivity contribution in [1.82, 2.24) is 5.32 Å². The minimum atomic E-state index is -0.650. The van der Waals surface area contributed by atoms with Crippen molar-refractivity contribution in [3.8, 4) is 11.5 Å². The highest BCUT2D eigenvalue weighted by Crippen LogP contribution is 2.39. The second-order valence-corrected chi connectivity index (χ2v) is 12.6. The van der Waals surface area contributed by atoms with Gasteiger partial charge in [0.15, 0.2) is 0 Å². The number of carbonyl (C=O) groups excluding carboxylic acids is 3. The molecule has 0 aliphatic carbocycles. The lowest BCUT2D eigenvalue weighted by Gasteiger charge is -2.19. The maximum Gasteiger partial charge on any atom is 0.272 e. The molecule has 0 bridgehead atoms. The number of ether oxygens (including phenoxy) is 2. The monoisotopic (exact) mass is 705 g/mol. The van der Waals surface area contributed by atoms with Gasteiger partial charge in [0.1, 0.15) is 22.4 Å². The maximum atomic E-state index is 13.8. The first-order valence-electron chi connectivity index (χ1n) is 15.8. The number of thioether (sulfide) groups is 1. The Bertz CT molecular complexity index is 1990. The van der Waals surface area contributed by atoms with Crippen molar-refractivity contribution in [1.29, 1.82) is 0 Å². The van der Waals surface area contributed by atoms with Crippen LogP contribution in [0.5, 0.6) is 11.5 Å². The Hall–Kier alpha value is -5.51. The molecule has 1 unspecified atom stereocenters. The summed E-state index contributed by atoms with van der Waals surface area (Å²) in [6.07, 6.45) is 1.60. The van der Waals surface area contributed by atoms with E-state index in [9.17, 15) is 14.4 Å². The van der Waals surface area contributed by atoms with Crippen molar-refractivity contribution in [3.63, 3.8) is 0 Å². The molecule has 0 saturated heterocycles. The molecule has 0 saturated carbocycles. The van der Waals surface area contributed by atoms with E-state index in [1.54, 1.807) is 84.9 Å². The topological polar surface area (TPSA) is 106 Å². The summed E-state index contributed by atoms with van der Waals surface area (Å²) in [6, 6.07) is 35.9. The fourth-order valence-corrected chi connectivity index (χ4v) is 6.18. The Morgan fingerprint density at radius 3 is 2.22 bits per heavy atom. The van der Waals surface area contributed by atoms with Gasteiger partial charge in [-0.15, -0.1) is 11.8 Å². The van der Waals surface area contributed by atoms with Gasteiger partial charge >= 0.3 is 0 Å². The van der Waals surface area contributed by atoms with Crippen molar-refractivity contribution in [2.75, 3.05) is 24.4 Å². The molecule has 254 valence electrons. The molecule has 3 N–H and O–H groups in total. The third kappa shape index (κ3) is 9.56. The van der Waals surface area contributed by atoms with Crippen molar-refractivity contribution >= 4 is 58.5 Å². The van der Waals surface area contributed by atoms with Crippen LogP contribution in [-0.2, 0) is 9.59 Å². The molecule has 0 spiro atoms. The molecule has 0 aliphatic heterocycles. The second kappa shape index (κ2) is 17.2. The molecule has 1 atom stereocenters. The van der Waals surface area contributed by atoms with Gasteiger partial charge in [-0.3, -0.25) is 14.4 Å². The summed E-state index contributed by atoms with van der Waals surface area (Å²) in [4.78, 5) is 41.4. The molecular formula is C40H36ClN3O5S. The molecular weight excluding hydrogens is 670 g/mol. The quantitative estimate of drug-likeness (QED) is 0.0835. The first-order valence-corrected chi connectivity index (χ1v) is 17.1. The van der Waals surface area contributed by atoms with E-state index >= 15 is 0 Å². The van der Waals surface area contributed by atoms with E-state index in [0.29, 0.717) is 45.6 Å². The summed E-state index contributed by atoms with van der Waals surface area (Å²) in [5.41, 5.74) is 3.73. The van der Waals surface area contributed by atoms with Crippen LogP contribution in [0.3, 0.4) is 0 Å². The molecule has 8 nitrogen and oxygen atoms in total. The SMILES string of the molecule is CCOc1ccc(/C=C(/NC(=O)c2ccccc2)C(=O)Nc2cccc(SC(C(=O)Nc3cc(C)c(Cl)cc3OC)c3ccccc3)c2)cc1. The van der Waals surface area contributed by atoms with Crippen molar-refractivity contribution in [2.24, 2.45) is 0 Å². The average Bonchev–Trinajstić information content (AvgIpc) is 3.13. The number of halogens is 1. The average molecular weight is 706 g/mol. The van der Waals surface area contributed by atoms with Crippen LogP contribution in [0.2, 0.25) is 5.02 Å². The summed E-state index contributed by atoms with van der Waals surface area (Å²) < 4.78 is 11.0. The van der Waals surface area contributed by atoms with Gasteiger partial charge in [-0.1, -0.05) is 78.3 Å². The number of aryl methyl sites for hydroxylation is 1. The number of amides is 3. The zero-order valence-corrected chi connectivity index (χ0v) is 29.3. The summed E-state index contributed by atoms with van der Waals surface area (Å²) in [5, 5.41) is 8.57. The molecule has 0 radical (unpaired) electrons. The Kier molecular flexibility index (Phi) is 12.3. The Balaban J connectivity index is 1.39. The Labute approximate surface area is 300 Å². The van der Waals surface area contributed by atoms with Gasteiger partial charge in [-0.05, 0) is 85.1 Å². The van der Waals surface area contributed by atoms with Crippen LogP contribution in [0.25, 0.3) is 6.08 Å². The van der Waals surface area contributed by atoms with Crippen LogP contribution in [0, 0.1) is 6.92 Å². The maximum absolute atomic E-state index is 13.8. The standard InChI is InChI=1S/C40H36ClN3O5S/c1-4-49-31-20-18-27(19-21-31)23-35(44-38(45)29-14-9-6-10-15-29)39(46)42-30-16-11-17-32(24-30)50-37(28-12-7-5-8-13-28)40(47)43-34-22-26(2)33(41)25-36(34)48-3/h5-25,37H,4H2,1-3H3,(H,42,46)(H,43,47)(H,44,45)/b35-23+. The number of rotatable bonds is 13. The lowest BCUT2D eigenvalue weighted by Crippen LogP contribution is -2.30. The van der Waals surface area contributed by atoms with Gasteiger partial charge in [0.2, 0.25) is 5.91 Å². The number of nitrogens with one attached hydrogen (secondary N) is 3. The molecule has 5 aromatic carbocycles. The van der Waals surface area contributed by atoms with Crippen molar-refractivity contribution in [2.45, 2.75) is 24.0 Å². The van der Waals surface area contributed by atoms with Gasteiger partial charge in [0, 0.05) is 27.2 Å². The highest BCUT2D eigenvalue weighted by molar-refractivity contribution is 8.00. The Morgan fingerprint density at radius 2 is 1.54 bits per heavy atom. The van der Waals surface area contributed by atoms with Crippen molar-refractivity contribution < 1.29 is 23.9 Å². The van der Waals surface area contributed by atoms with E-state index in [-0.39, 0.29) is 11.6 Å². The van der Waals surface area contributed by atoms with Crippen LogP contribution in [0.15, 0.2) is 132 Å². The van der Waals surface area contributed by atoms with Crippen LogP contribution in [-0.4, -0.2) is 31.4 Å². The van der Waals surface area contributed by atoms with E-state index in [4.69, 9.17) is 21.1 Å². The zero-order valence-electron chi connectivity index (χ0n) is 27.7. The molecule has 10 heteroatoms. The van der Waals surface area contributed by atoms with E-state index < -0.39 is 17.1 Å². The van der Waals surface area contributed by atoms with E-state index in [1.165, 1.54) is 18.9 Å². The molecule has 5 aromatic rings. The summed E-state index contributed by atoms with van der Waals surface area (Å²) in [5.74, 6) is -0.0636. The number of hydrogen-bond donors (Lipinski definition) is 3. The fourth-order valence-electron chi connectivity index (χ4n) is 4.95. The van der Waals surface area contributed by atoms with E-state index in [1.807, 2.05) is 56.3 Å². The van der Waals surface area contributed by atoms with Crippen molar-refractivity contribution in [3.05, 3.63) is 154 Å². The molecule has 50 heavy (non-hydrogen) atoms. The fraction of sp³-hybridized carbons (Fsp3) is 0.125. The minimum Gasteiger partial charge on any atom is -0.495 e. The summed E-state index contributed by atoms with van der Waals surface area (Å²) >= 11 is 7.62. The molecule has 0 aromatic heterocycles. The van der Waals surface area contributed by atoms with Gasteiger partial charge in [0.25, 0.3) is 11.8 Å². The summed E-state index contributed by atoms with van der Waals surface area (Å²) in [6.45, 7) is 4.28. The lowest BCUT2D eigenvalue weighted by atomic mass is 10.1. The van der Waals surface area contributed by atoms with Gasteiger partial charge in [-0.2, -0.15) is 0 Å². The number of methoxy groups -OCH3 is 1. The van der Waals surface area contributed by atoms with Gasteiger partial charge < -0.3 is 25.4 Å². The normalized spacial score (nSPS) is 11.6. The third-order valence-corrected chi connectivity index (χ3v) is 9.11. The number of anilines is 2. The van der Waals surface area contributed by atoms with Crippen LogP contribution in [0.1, 0.15) is 39.2 Å². The van der Waals surface area contributed by atoms with Gasteiger partial charge in [0.05, 0.1) is 19.4 Å². The smallest absolute Gasteiger partial charge is 0.272 e. The Morgan fingerprint density at radius 1 is 0.840 bits per heavy atom. The molecule has 3 amide bonds. The highest BCUT2D eigenvalue weighted by atomic mass is 35.5. The first-order chi connectivity index (χ1) is 24.2. The van der Waals surface area contributed by atoms with E-state index in [0.717, 1.165) is 16.0 Å². The number of hydrogen-bond acceptors (Lipinski definition) is 6. The van der Waals surface area contributed by atoms with E-state index in [2.05, 4.69) is 16.0 Å². The summed E-state index contributed by atoms with van der Waals surface area (Å²) in [7, 11) is 1.52. The highest BCUT2D eigenvalue weighted by Gasteiger charge is 2.24. The zero-order chi connectivity index (χ0) is 35.5. The largest absolute Gasteiger partial charge is 0.495 e. The molecule has 0 aliphatic rings. The third-order valence-electron chi connectivity index (χ3n) is 7.46. The molecule has 0 fully saturated rings. The minimum absolute atomic E-state index is 0.0508. The molecule has 5 rings (SSSR count). The van der Waals surface area contributed by atoms with Crippen LogP contribution >= 0.6 is 23.4 Å². The number of carbonyl (C=O) groups is 3. The van der Waals surface area contributed by atoms with Crippen LogP contribution in [0.4, 0.5) is 11.4 Å². The second-order valence-electron chi connectivity index (χ2n) is 11.1. The lowest BCUT2D eigenvalue weighted by molar-refractivity contribution is -0.116. The predicted molar refractivity (Wildman–Crippen MR) is 201 cm³/mol. The van der Waals surface area contributed by atoms with Gasteiger partial charge in [-0.25, -0.2) is 0 Å².